The number of thiophene rings is 1. The Morgan fingerprint density at radius 2 is 2.10 bits per heavy atom. The lowest BCUT2D eigenvalue weighted by atomic mass is 9.85. The molecule has 1 N–H and O–H groups in total. The van der Waals surface area contributed by atoms with E-state index in [4.69, 9.17) is 4.74 Å². The van der Waals surface area contributed by atoms with Gasteiger partial charge in [0.25, 0.3) is 5.91 Å². The number of hydrogen-bond acceptors (Lipinski definition) is 7. The average Bonchev–Trinajstić information content (AvgIpc) is 3.27. The highest BCUT2D eigenvalue weighted by molar-refractivity contribution is 7.93. The van der Waals surface area contributed by atoms with Crippen molar-refractivity contribution in [3.05, 3.63) is 40.3 Å². The number of ether oxygens (including phenoxy) is 1. The first-order valence-corrected chi connectivity index (χ1v) is 13.1. The standard InChI is InChI=1S/C21H28N4O3S2/c1-15-12-22-20(23-13-15)24-18-3-7-28-21(11-18)5-9-30(27,10-6-21)25-19(26)16(2)17-4-8-29-14-17/h4,8,12-14,16,18H,3,5-7,9-11H2,1-2H3,(H,22,23,24). The van der Waals surface area contributed by atoms with Gasteiger partial charge in [0, 0.05) is 36.5 Å². The van der Waals surface area contributed by atoms with E-state index in [2.05, 4.69) is 19.6 Å². The van der Waals surface area contributed by atoms with Crippen molar-refractivity contribution in [1.82, 2.24) is 9.97 Å². The van der Waals surface area contributed by atoms with Gasteiger partial charge in [-0.2, -0.15) is 15.7 Å². The Kier molecular flexibility index (Phi) is 6.22. The number of carbonyl (C=O) groups is 1. The molecule has 1 spiro atoms. The van der Waals surface area contributed by atoms with E-state index in [1.54, 1.807) is 23.7 Å². The fourth-order valence-electron chi connectivity index (χ4n) is 4.07. The molecule has 162 valence electrons. The molecular formula is C21H28N4O3S2. The molecule has 1 amide bonds. The molecule has 2 fully saturated rings. The zero-order chi connectivity index (χ0) is 21.2. The molecule has 2 atom stereocenters. The summed E-state index contributed by atoms with van der Waals surface area (Å²) in [4.78, 5) is 21.2. The van der Waals surface area contributed by atoms with Crippen molar-refractivity contribution in [3.63, 3.8) is 0 Å². The largest absolute Gasteiger partial charge is 0.375 e. The molecule has 2 aliphatic heterocycles. The van der Waals surface area contributed by atoms with Gasteiger partial charge in [0.1, 0.15) is 0 Å². The Bertz CT molecular complexity index is 984. The van der Waals surface area contributed by atoms with Crippen molar-refractivity contribution in [1.29, 1.82) is 0 Å². The lowest BCUT2D eigenvalue weighted by Crippen LogP contribution is -2.49. The first-order chi connectivity index (χ1) is 14.4. The first-order valence-electron chi connectivity index (χ1n) is 10.3. The summed E-state index contributed by atoms with van der Waals surface area (Å²) >= 11 is 1.55. The van der Waals surface area contributed by atoms with Crippen LogP contribution in [-0.2, 0) is 19.3 Å². The van der Waals surface area contributed by atoms with Crippen LogP contribution in [-0.4, -0.2) is 49.8 Å². The van der Waals surface area contributed by atoms with Crippen molar-refractivity contribution in [2.45, 2.75) is 57.1 Å². The second-order valence-corrected chi connectivity index (χ2v) is 11.7. The summed E-state index contributed by atoms with van der Waals surface area (Å²) in [6.07, 6.45) is 6.62. The second kappa shape index (κ2) is 8.72. The minimum atomic E-state index is -2.53. The Morgan fingerprint density at radius 3 is 2.77 bits per heavy atom. The number of nitrogens with one attached hydrogen (secondary N) is 1. The van der Waals surface area contributed by atoms with Crippen LogP contribution in [0.1, 0.15) is 49.7 Å². The molecule has 2 aromatic rings. The minimum absolute atomic E-state index is 0.216. The summed E-state index contributed by atoms with van der Waals surface area (Å²) in [5.41, 5.74) is 1.66. The van der Waals surface area contributed by atoms with E-state index in [9.17, 15) is 9.00 Å². The molecule has 30 heavy (non-hydrogen) atoms. The van der Waals surface area contributed by atoms with Gasteiger partial charge in [0.05, 0.1) is 21.2 Å². The van der Waals surface area contributed by atoms with E-state index in [1.807, 2.05) is 30.7 Å². The topological polar surface area (TPSA) is 93.5 Å². The normalized spacial score (nSPS) is 30.0. The third kappa shape index (κ3) is 4.90. The van der Waals surface area contributed by atoms with Gasteiger partial charge in [-0.05, 0) is 67.5 Å². The van der Waals surface area contributed by atoms with Crippen LogP contribution in [0, 0.1) is 6.92 Å². The van der Waals surface area contributed by atoms with Crippen LogP contribution in [0.2, 0.25) is 0 Å². The van der Waals surface area contributed by atoms with Crippen molar-refractivity contribution >= 4 is 32.9 Å². The summed E-state index contributed by atoms with van der Waals surface area (Å²) in [5.74, 6) is 0.811. The molecule has 2 aliphatic rings. The van der Waals surface area contributed by atoms with Gasteiger partial charge >= 0.3 is 0 Å². The molecule has 7 nitrogen and oxygen atoms in total. The molecule has 2 aromatic heterocycles. The molecule has 0 aliphatic carbocycles. The molecule has 0 radical (unpaired) electrons. The molecule has 2 unspecified atom stereocenters. The second-order valence-electron chi connectivity index (χ2n) is 8.34. The lowest BCUT2D eigenvalue weighted by molar-refractivity contribution is -0.118. The van der Waals surface area contributed by atoms with E-state index in [0.29, 0.717) is 36.9 Å². The highest BCUT2D eigenvalue weighted by atomic mass is 32.2. The van der Waals surface area contributed by atoms with Crippen molar-refractivity contribution < 1.29 is 13.7 Å². The number of nitrogens with zero attached hydrogens (tertiary/aromatic N) is 3. The molecule has 9 heteroatoms. The minimum Gasteiger partial charge on any atom is -0.375 e. The summed E-state index contributed by atoms with van der Waals surface area (Å²) in [6, 6.07) is 2.14. The van der Waals surface area contributed by atoms with E-state index in [0.717, 1.165) is 24.0 Å². The third-order valence-electron chi connectivity index (χ3n) is 6.03. The Balaban J connectivity index is 1.39. The highest BCUT2D eigenvalue weighted by Gasteiger charge is 2.42. The van der Waals surface area contributed by atoms with E-state index in [-0.39, 0.29) is 23.5 Å². The van der Waals surface area contributed by atoms with Gasteiger partial charge in [-0.1, -0.05) is 0 Å². The number of hydrogen-bond donors (Lipinski definition) is 1. The van der Waals surface area contributed by atoms with Gasteiger partial charge in [-0.3, -0.25) is 4.79 Å². The van der Waals surface area contributed by atoms with Gasteiger partial charge < -0.3 is 10.1 Å². The zero-order valence-electron chi connectivity index (χ0n) is 17.4. The summed E-state index contributed by atoms with van der Waals surface area (Å²) < 4.78 is 23.6. The van der Waals surface area contributed by atoms with Crippen LogP contribution in [0.15, 0.2) is 33.6 Å². The molecule has 4 heterocycles. The highest BCUT2D eigenvalue weighted by Crippen LogP contribution is 2.37. The van der Waals surface area contributed by atoms with Crippen LogP contribution in [0.25, 0.3) is 0 Å². The van der Waals surface area contributed by atoms with Gasteiger partial charge in [0.15, 0.2) is 0 Å². The van der Waals surface area contributed by atoms with Crippen molar-refractivity contribution in [2.75, 3.05) is 23.4 Å². The van der Waals surface area contributed by atoms with Crippen LogP contribution in [0.3, 0.4) is 0 Å². The molecule has 0 saturated carbocycles. The van der Waals surface area contributed by atoms with Gasteiger partial charge in [-0.25, -0.2) is 14.2 Å². The summed E-state index contributed by atoms with van der Waals surface area (Å²) in [7, 11) is -2.53. The number of amides is 1. The van der Waals surface area contributed by atoms with E-state index in [1.165, 1.54) is 0 Å². The quantitative estimate of drug-likeness (QED) is 0.765. The smallest absolute Gasteiger partial charge is 0.261 e. The van der Waals surface area contributed by atoms with Crippen LogP contribution < -0.4 is 5.32 Å². The van der Waals surface area contributed by atoms with Crippen LogP contribution in [0.4, 0.5) is 5.95 Å². The number of aromatic nitrogens is 2. The average molecular weight is 449 g/mol. The first kappa shape index (κ1) is 21.4. The summed E-state index contributed by atoms with van der Waals surface area (Å²) in [5, 5.41) is 7.30. The maximum absolute atomic E-state index is 13.2. The number of rotatable bonds is 4. The molecular weight excluding hydrogens is 420 g/mol. The Hall–Kier alpha value is -1.84. The van der Waals surface area contributed by atoms with Gasteiger partial charge in [-0.15, -0.1) is 0 Å². The van der Waals surface area contributed by atoms with Crippen molar-refractivity contribution in [2.24, 2.45) is 4.36 Å². The van der Waals surface area contributed by atoms with Crippen LogP contribution in [0.5, 0.6) is 0 Å². The van der Waals surface area contributed by atoms with E-state index >= 15 is 0 Å². The zero-order valence-corrected chi connectivity index (χ0v) is 19.0. The predicted octanol–water partition coefficient (Wildman–Crippen LogP) is 3.77. The fraction of sp³-hybridized carbons (Fsp3) is 0.571. The maximum atomic E-state index is 13.2. The summed E-state index contributed by atoms with van der Waals surface area (Å²) in [6.45, 7) is 4.44. The molecule has 4 rings (SSSR count). The monoisotopic (exact) mass is 448 g/mol. The van der Waals surface area contributed by atoms with Gasteiger partial charge in [0.2, 0.25) is 5.95 Å². The third-order valence-corrected chi connectivity index (χ3v) is 8.93. The Labute approximate surface area is 181 Å². The number of aryl methyl sites for hydroxylation is 1. The van der Waals surface area contributed by atoms with Crippen LogP contribution >= 0.6 is 11.3 Å². The molecule has 2 saturated heterocycles. The lowest BCUT2D eigenvalue weighted by Gasteiger charge is -2.44. The SMILES string of the molecule is Cc1cnc(NC2CCOC3(CCS(=O)(=NC(=O)C(C)c4ccsc4)CC3)C2)nc1. The number of carbonyl (C=O) groups excluding carboxylic acids is 1. The molecule has 0 aromatic carbocycles. The number of anilines is 1. The van der Waals surface area contributed by atoms with E-state index < -0.39 is 9.73 Å². The Morgan fingerprint density at radius 1 is 1.37 bits per heavy atom. The fourth-order valence-corrected chi connectivity index (χ4v) is 7.07. The van der Waals surface area contributed by atoms with Crippen molar-refractivity contribution in [3.8, 4) is 0 Å². The maximum Gasteiger partial charge on any atom is 0.261 e. The predicted molar refractivity (Wildman–Crippen MR) is 119 cm³/mol. The molecule has 0 bridgehead atoms.